The molecule has 3 aliphatic rings. The van der Waals surface area contributed by atoms with Crippen molar-refractivity contribution in [3.05, 3.63) is 11.6 Å². The summed E-state index contributed by atoms with van der Waals surface area (Å²) in [5.74, 6) is 2.47. The van der Waals surface area contributed by atoms with Gasteiger partial charge in [-0.3, -0.25) is 0 Å². The Bertz CT molecular complexity index is 341. The summed E-state index contributed by atoms with van der Waals surface area (Å²) in [6.07, 6.45) is 7.68. The van der Waals surface area contributed by atoms with Crippen molar-refractivity contribution in [2.75, 3.05) is 6.61 Å². The summed E-state index contributed by atoms with van der Waals surface area (Å²) in [7, 11) is 0. The van der Waals surface area contributed by atoms with Crippen molar-refractivity contribution in [3.8, 4) is 0 Å². The summed E-state index contributed by atoms with van der Waals surface area (Å²) in [6, 6.07) is 0. The van der Waals surface area contributed by atoms with E-state index in [2.05, 4.69) is 26.8 Å². The molecule has 0 spiro atoms. The van der Waals surface area contributed by atoms with Crippen molar-refractivity contribution in [2.45, 2.75) is 46.5 Å². The molecule has 1 nitrogen and oxygen atoms in total. The zero-order valence-corrected chi connectivity index (χ0v) is 10.8. The summed E-state index contributed by atoms with van der Waals surface area (Å²) in [6.45, 7) is 7.62. The predicted octanol–water partition coefficient (Wildman–Crippen LogP) is 3.39. The minimum atomic E-state index is 0.290. The maximum Gasteiger partial charge on any atom is 0.0644 e. The highest BCUT2D eigenvalue weighted by atomic mass is 16.3. The fourth-order valence-electron chi connectivity index (χ4n) is 4.61. The lowest BCUT2D eigenvalue weighted by Crippen LogP contribution is -2.23. The summed E-state index contributed by atoms with van der Waals surface area (Å²) in [5.41, 5.74) is 2.42. The molecule has 2 fully saturated rings. The molecule has 2 saturated carbocycles. The number of hydrogen-bond acceptors (Lipinski definition) is 1. The van der Waals surface area contributed by atoms with Crippen LogP contribution in [0.25, 0.3) is 0 Å². The Morgan fingerprint density at radius 2 is 2.00 bits per heavy atom. The third-order valence-corrected chi connectivity index (χ3v) is 5.66. The van der Waals surface area contributed by atoms with Crippen LogP contribution in [-0.2, 0) is 0 Å². The number of fused-ring (bicyclic) bond motifs is 3. The van der Waals surface area contributed by atoms with Gasteiger partial charge in [-0.25, -0.2) is 0 Å². The van der Waals surface area contributed by atoms with Crippen LogP contribution >= 0.6 is 0 Å². The Labute approximate surface area is 98.9 Å². The van der Waals surface area contributed by atoms with E-state index in [-0.39, 0.29) is 6.61 Å². The molecule has 0 heterocycles. The van der Waals surface area contributed by atoms with Crippen LogP contribution in [0.2, 0.25) is 0 Å². The minimum Gasteiger partial charge on any atom is -0.392 e. The molecule has 0 bridgehead atoms. The molecule has 4 atom stereocenters. The van der Waals surface area contributed by atoms with Gasteiger partial charge in [-0.05, 0) is 59.8 Å². The quantitative estimate of drug-likeness (QED) is 0.672. The van der Waals surface area contributed by atoms with Gasteiger partial charge in [0.15, 0.2) is 0 Å². The minimum absolute atomic E-state index is 0.290. The molecule has 0 aliphatic heterocycles. The lowest BCUT2D eigenvalue weighted by atomic mass is 9.74. The van der Waals surface area contributed by atoms with Gasteiger partial charge >= 0.3 is 0 Å². The molecule has 3 aliphatic carbocycles. The molecule has 1 heteroatoms. The summed E-state index contributed by atoms with van der Waals surface area (Å²) >= 11 is 0. The highest BCUT2D eigenvalue weighted by Crippen LogP contribution is 2.69. The van der Waals surface area contributed by atoms with Crippen LogP contribution in [0, 0.1) is 28.6 Å². The van der Waals surface area contributed by atoms with Crippen LogP contribution in [-0.4, -0.2) is 11.7 Å². The molecule has 0 unspecified atom stereocenters. The summed E-state index contributed by atoms with van der Waals surface area (Å²) in [4.78, 5) is 0. The van der Waals surface area contributed by atoms with E-state index in [0.717, 1.165) is 11.8 Å². The third kappa shape index (κ3) is 1.40. The van der Waals surface area contributed by atoms with Gasteiger partial charge in [-0.2, -0.15) is 0 Å². The largest absolute Gasteiger partial charge is 0.392 e. The van der Waals surface area contributed by atoms with Crippen molar-refractivity contribution in [2.24, 2.45) is 28.6 Å². The van der Waals surface area contributed by atoms with E-state index in [1.54, 1.807) is 0 Å². The van der Waals surface area contributed by atoms with Gasteiger partial charge < -0.3 is 5.11 Å². The second-order valence-corrected chi connectivity index (χ2v) is 7.37. The van der Waals surface area contributed by atoms with E-state index in [1.807, 2.05) is 0 Å². The first-order valence-corrected chi connectivity index (χ1v) is 6.76. The van der Waals surface area contributed by atoms with E-state index in [4.69, 9.17) is 0 Å². The predicted molar refractivity (Wildman–Crippen MR) is 66.0 cm³/mol. The molecule has 16 heavy (non-hydrogen) atoms. The molecule has 0 aromatic heterocycles. The third-order valence-electron chi connectivity index (χ3n) is 5.66. The highest BCUT2D eigenvalue weighted by molar-refractivity contribution is 5.23. The van der Waals surface area contributed by atoms with E-state index < -0.39 is 0 Å². The molecule has 1 N–H and O–H groups in total. The molecule has 3 rings (SSSR count). The first-order valence-electron chi connectivity index (χ1n) is 6.76. The fraction of sp³-hybridized carbons (Fsp3) is 0.867. The Morgan fingerprint density at radius 1 is 1.25 bits per heavy atom. The zero-order valence-electron chi connectivity index (χ0n) is 10.8. The topological polar surface area (TPSA) is 20.2 Å². The van der Waals surface area contributed by atoms with Gasteiger partial charge in [0.2, 0.25) is 0 Å². The number of aliphatic hydroxyl groups excluding tert-OH is 1. The molecule has 0 saturated heterocycles. The molecular weight excluding hydrogens is 196 g/mol. The molecular formula is C15H24O. The van der Waals surface area contributed by atoms with Gasteiger partial charge in [0.25, 0.3) is 0 Å². The molecule has 0 aromatic carbocycles. The van der Waals surface area contributed by atoms with Crippen molar-refractivity contribution < 1.29 is 5.11 Å². The highest BCUT2D eigenvalue weighted by Gasteiger charge is 2.61. The number of allylic oxidation sites excluding steroid dienone is 1. The SMILES string of the molecule is CC1(C)C[C@H]2C[C@@]2(C)[C@@H]2CC=C(CO)[C@H]2C1. The average Bonchev–Trinajstić information content (AvgIpc) is 2.68. The van der Waals surface area contributed by atoms with E-state index in [1.165, 1.54) is 31.3 Å². The van der Waals surface area contributed by atoms with Gasteiger partial charge in [0, 0.05) is 0 Å². The first kappa shape index (κ1) is 10.8. The normalized spacial score (nSPS) is 49.0. The van der Waals surface area contributed by atoms with E-state index in [0.29, 0.717) is 16.7 Å². The smallest absolute Gasteiger partial charge is 0.0644 e. The number of aliphatic hydroxyl groups is 1. The van der Waals surface area contributed by atoms with E-state index >= 15 is 0 Å². The Morgan fingerprint density at radius 3 is 2.69 bits per heavy atom. The van der Waals surface area contributed by atoms with Crippen LogP contribution in [0.5, 0.6) is 0 Å². The first-order chi connectivity index (χ1) is 7.46. The lowest BCUT2D eigenvalue weighted by molar-refractivity contribution is 0.208. The van der Waals surface area contributed by atoms with Crippen LogP contribution < -0.4 is 0 Å². The maximum absolute atomic E-state index is 9.48. The van der Waals surface area contributed by atoms with Gasteiger partial charge in [0.1, 0.15) is 0 Å². The molecule has 0 amide bonds. The van der Waals surface area contributed by atoms with Crippen molar-refractivity contribution in [1.29, 1.82) is 0 Å². The van der Waals surface area contributed by atoms with Crippen molar-refractivity contribution in [3.63, 3.8) is 0 Å². The maximum atomic E-state index is 9.48. The monoisotopic (exact) mass is 220 g/mol. The molecule has 0 radical (unpaired) electrons. The summed E-state index contributed by atoms with van der Waals surface area (Å²) in [5, 5.41) is 9.48. The standard InChI is InChI=1S/C15H24O/c1-14(2)6-11-7-15(11,3)13-5-4-10(9-16)12(13)8-14/h4,11-13,16H,5-9H2,1-3H3/t11-,12+,13+,15+/m0/s1. The van der Waals surface area contributed by atoms with Crippen molar-refractivity contribution in [1.82, 2.24) is 0 Å². The van der Waals surface area contributed by atoms with Crippen LogP contribution in [0.1, 0.15) is 46.5 Å². The zero-order chi connectivity index (χ0) is 11.6. The van der Waals surface area contributed by atoms with Gasteiger partial charge in [0.05, 0.1) is 6.61 Å². The Balaban J connectivity index is 1.92. The average molecular weight is 220 g/mol. The fourth-order valence-corrected chi connectivity index (χ4v) is 4.61. The second-order valence-electron chi connectivity index (χ2n) is 7.37. The van der Waals surface area contributed by atoms with Crippen molar-refractivity contribution >= 4 is 0 Å². The molecule has 90 valence electrons. The molecule has 0 aromatic rings. The summed E-state index contributed by atoms with van der Waals surface area (Å²) < 4.78 is 0. The van der Waals surface area contributed by atoms with E-state index in [9.17, 15) is 5.11 Å². The van der Waals surface area contributed by atoms with Crippen LogP contribution in [0.4, 0.5) is 0 Å². The van der Waals surface area contributed by atoms with Gasteiger partial charge in [-0.15, -0.1) is 0 Å². The number of hydrogen-bond donors (Lipinski definition) is 1. The Kier molecular flexibility index (Phi) is 2.12. The number of rotatable bonds is 1. The second kappa shape index (κ2) is 3.13. The van der Waals surface area contributed by atoms with Crippen LogP contribution in [0.15, 0.2) is 11.6 Å². The Hall–Kier alpha value is -0.300. The lowest BCUT2D eigenvalue weighted by Gasteiger charge is -2.31. The van der Waals surface area contributed by atoms with Crippen LogP contribution in [0.3, 0.4) is 0 Å². The van der Waals surface area contributed by atoms with Gasteiger partial charge in [-0.1, -0.05) is 26.8 Å².